The van der Waals surface area contributed by atoms with Crippen molar-refractivity contribution < 1.29 is 9.32 Å². The van der Waals surface area contributed by atoms with Gasteiger partial charge in [0.05, 0.1) is 5.01 Å². The van der Waals surface area contributed by atoms with Crippen molar-refractivity contribution in [2.75, 3.05) is 6.54 Å². The second kappa shape index (κ2) is 6.16. The van der Waals surface area contributed by atoms with Crippen molar-refractivity contribution in [2.24, 2.45) is 0 Å². The van der Waals surface area contributed by atoms with E-state index in [0.717, 1.165) is 23.4 Å². The summed E-state index contributed by atoms with van der Waals surface area (Å²) in [6.45, 7) is 2.58. The number of hydrogen-bond donors (Lipinski definition) is 0. The first-order chi connectivity index (χ1) is 11.7. The van der Waals surface area contributed by atoms with Gasteiger partial charge < -0.3 is 9.42 Å². The van der Waals surface area contributed by atoms with Gasteiger partial charge in [-0.2, -0.15) is 4.98 Å². The van der Waals surface area contributed by atoms with Crippen molar-refractivity contribution >= 4 is 17.2 Å². The fraction of sp³-hybridized carbons (Fsp3) is 0.294. The van der Waals surface area contributed by atoms with E-state index in [9.17, 15) is 4.79 Å². The minimum absolute atomic E-state index is 0.0682. The summed E-state index contributed by atoms with van der Waals surface area (Å²) >= 11 is 1.48. The molecule has 1 saturated heterocycles. The number of carbonyl (C=O) groups is 1. The van der Waals surface area contributed by atoms with Gasteiger partial charge in [-0.25, -0.2) is 4.98 Å². The zero-order chi connectivity index (χ0) is 16.5. The van der Waals surface area contributed by atoms with Crippen LogP contribution < -0.4 is 0 Å². The molecule has 1 aliphatic rings. The van der Waals surface area contributed by atoms with E-state index in [4.69, 9.17) is 4.52 Å². The fourth-order valence-electron chi connectivity index (χ4n) is 2.95. The smallest absolute Gasteiger partial charge is 0.274 e. The largest absolute Gasteiger partial charge is 0.337 e. The third-order valence-electron chi connectivity index (χ3n) is 4.11. The summed E-state index contributed by atoms with van der Waals surface area (Å²) in [6.07, 6.45) is 1.74. The second-order valence-electron chi connectivity index (χ2n) is 5.73. The van der Waals surface area contributed by atoms with Crippen LogP contribution in [0, 0.1) is 6.92 Å². The van der Waals surface area contributed by atoms with Crippen LogP contribution in [0.25, 0.3) is 11.4 Å². The van der Waals surface area contributed by atoms with E-state index in [1.54, 1.807) is 10.3 Å². The van der Waals surface area contributed by atoms with E-state index in [-0.39, 0.29) is 11.9 Å². The molecule has 3 heterocycles. The Bertz CT molecular complexity index is 858. The number of hydrogen-bond acceptors (Lipinski definition) is 6. The monoisotopic (exact) mass is 340 g/mol. The Balaban J connectivity index is 1.59. The van der Waals surface area contributed by atoms with Gasteiger partial charge >= 0.3 is 0 Å². The van der Waals surface area contributed by atoms with Gasteiger partial charge in [-0.1, -0.05) is 35.5 Å². The van der Waals surface area contributed by atoms with Gasteiger partial charge in [0.15, 0.2) is 0 Å². The summed E-state index contributed by atoms with van der Waals surface area (Å²) in [5.74, 6) is 0.974. The molecule has 6 nitrogen and oxygen atoms in total. The molecule has 0 saturated carbocycles. The molecule has 0 aliphatic carbocycles. The first-order valence-electron chi connectivity index (χ1n) is 7.84. The van der Waals surface area contributed by atoms with Gasteiger partial charge in [0.1, 0.15) is 11.7 Å². The van der Waals surface area contributed by atoms with Gasteiger partial charge in [-0.3, -0.25) is 4.79 Å². The lowest BCUT2D eigenvalue weighted by molar-refractivity contribution is 0.0705. The van der Waals surface area contributed by atoms with Crippen molar-refractivity contribution in [3.05, 3.63) is 52.3 Å². The van der Waals surface area contributed by atoms with Crippen LogP contribution in [-0.4, -0.2) is 32.5 Å². The third-order valence-corrected chi connectivity index (χ3v) is 4.88. The van der Waals surface area contributed by atoms with Crippen LogP contribution in [0.5, 0.6) is 0 Å². The maximum atomic E-state index is 12.7. The van der Waals surface area contributed by atoms with E-state index in [0.29, 0.717) is 24.0 Å². The lowest BCUT2D eigenvalue weighted by Gasteiger charge is -2.20. The van der Waals surface area contributed by atoms with E-state index < -0.39 is 0 Å². The average Bonchev–Trinajstić information content (AvgIpc) is 3.34. The first kappa shape index (κ1) is 15.0. The Kier molecular flexibility index (Phi) is 3.86. The molecule has 1 amide bonds. The SMILES string of the molecule is Cc1nc(C(=O)N2CCC[C@@H]2c2nc(-c3ccccc3)no2)cs1. The lowest BCUT2D eigenvalue weighted by atomic mass is 10.2. The van der Waals surface area contributed by atoms with Gasteiger partial charge in [0.2, 0.25) is 11.7 Å². The summed E-state index contributed by atoms with van der Waals surface area (Å²) in [5, 5.41) is 6.75. The number of amides is 1. The number of benzene rings is 1. The van der Waals surface area contributed by atoms with Gasteiger partial charge in [-0.15, -0.1) is 11.3 Å². The summed E-state index contributed by atoms with van der Waals surface area (Å²) < 4.78 is 5.45. The Morgan fingerprint density at radius 2 is 2.12 bits per heavy atom. The molecular formula is C17H16N4O2S. The molecular weight excluding hydrogens is 324 g/mol. The summed E-state index contributed by atoms with van der Waals surface area (Å²) in [7, 11) is 0. The van der Waals surface area contributed by atoms with Crippen LogP contribution in [0.4, 0.5) is 0 Å². The van der Waals surface area contributed by atoms with Crippen LogP contribution in [0.3, 0.4) is 0 Å². The van der Waals surface area contributed by atoms with Crippen molar-refractivity contribution in [3.63, 3.8) is 0 Å². The molecule has 24 heavy (non-hydrogen) atoms. The number of aryl methyl sites for hydroxylation is 1. The zero-order valence-corrected chi connectivity index (χ0v) is 14.0. The van der Waals surface area contributed by atoms with Crippen molar-refractivity contribution in [2.45, 2.75) is 25.8 Å². The van der Waals surface area contributed by atoms with Gasteiger partial charge in [0, 0.05) is 17.5 Å². The average molecular weight is 340 g/mol. The maximum Gasteiger partial charge on any atom is 0.274 e. The molecule has 0 unspecified atom stereocenters. The molecule has 1 atom stereocenters. The Morgan fingerprint density at radius 1 is 1.29 bits per heavy atom. The molecule has 0 N–H and O–H groups in total. The molecule has 7 heteroatoms. The molecule has 0 bridgehead atoms. The second-order valence-corrected chi connectivity index (χ2v) is 6.79. The summed E-state index contributed by atoms with van der Waals surface area (Å²) in [4.78, 5) is 23.3. The summed E-state index contributed by atoms with van der Waals surface area (Å²) in [5.41, 5.74) is 1.39. The normalized spacial score (nSPS) is 17.4. The summed E-state index contributed by atoms with van der Waals surface area (Å²) in [6, 6.07) is 9.50. The maximum absolute atomic E-state index is 12.7. The molecule has 122 valence electrons. The van der Waals surface area contributed by atoms with E-state index >= 15 is 0 Å². The lowest BCUT2D eigenvalue weighted by Crippen LogP contribution is -2.31. The molecule has 1 aliphatic heterocycles. The molecule has 4 rings (SSSR count). The number of rotatable bonds is 3. The number of aromatic nitrogens is 3. The quantitative estimate of drug-likeness (QED) is 0.730. The van der Waals surface area contributed by atoms with Gasteiger partial charge in [-0.05, 0) is 19.8 Å². The van der Waals surface area contributed by atoms with Crippen LogP contribution in [0.15, 0.2) is 40.2 Å². The molecule has 2 aromatic heterocycles. The Labute approximate surface area is 143 Å². The molecule has 0 radical (unpaired) electrons. The van der Waals surface area contributed by atoms with Crippen LogP contribution in [0.1, 0.15) is 40.3 Å². The van der Waals surface area contributed by atoms with Crippen LogP contribution in [0.2, 0.25) is 0 Å². The topological polar surface area (TPSA) is 72.1 Å². The highest BCUT2D eigenvalue weighted by molar-refractivity contribution is 7.09. The number of thiazole rings is 1. The highest BCUT2D eigenvalue weighted by Gasteiger charge is 2.35. The van der Waals surface area contributed by atoms with Crippen molar-refractivity contribution in [1.29, 1.82) is 0 Å². The number of nitrogens with zero attached hydrogens (tertiary/aromatic N) is 4. The third kappa shape index (κ3) is 2.71. The molecule has 3 aromatic rings. The Morgan fingerprint density at radius 3 is 2.88 bits per heavy atom. The zero-order valence-electron chi connectivity index (χ0n) is 13.2. The Hall–Kier alpha value is -2.54. The number of carbonyl (C=O) groups excluding carboxylic acids is 1. The highest BCUT2D eigenvalue weighted by Crippen LogP contribution is 2.33. The van der Waals surface area contributed by atoms with E-state index in [1.807, 2.05) is 37.3 Å². The standard InChI is InChI=1S/C17H16N4O2S/c1-11-18-13(10-24-11)17(22)21-9-5-8-14(21)16-19-15(20-23-16)12-6-3-2-4-7-12/h2-4,6-7,10,14H,5,8-9H2,1H3/t14-/m1/s1. The fourth-order valence-corrected chi connectivity index (χ4v) is 3.54. The number of likely N-dealkylation sites (tertiary alicyclic amines) is 1. The van der Waals surface area contributed by atoms with Crippen molar-refractivity contribution in [3.8, 4) is 11.4 Å². The highest BCUT2D eigenvalue weighted by atomic mass is 32.1. The van der Waals surface area contributed by atoms with Crippen LogP contribution >= 0.6 is 11.3 Å². The molecule has 0 spiro atoms. The minimum atomic E-state index is -0.176. The van der Waals surface area contributed by atoms with E-state index in [1.165, 1.54) is 11.3 Å². The van der Waals surface area contributed by atoms with Crippen molar-refractivity contribution in [1.82, 2.24) is 20.0 Å². The van der Waals surface area contributed by atoms with Gasteiger partial charge in [0.25, 0.3) is 5.91 Å². The molecule has 1 aromatic carbocycles. The van der Waals surface area contributed by atoms with Crippen LogP contribution in [-0.2, 0) is 0 Å². The predicted molar refractivity (Wildman–Crippen MR) is 89.6 cm³/mol. The molecule has 1 fully saturated rings. The minimum Gasteiger partial charge on any atom is -0.337 e. The predicted octanol–water partition coefficient (Wildman–Crippen LogP) is 3.48. The van der Waals surface area contributed by atoms with E-state index in [2.05, 4.69) is 15.1 Å². The first-order valence-corrected chi connectivity index (χ1v) is 8.72.